The van der Waals surface area contributed by atoms with Crippen LogP contribution < -0.4 is 0 Å². The lowest BCUT2D eigenvalue weighted by Gasteiger charge is -2.11. The standard InChI is InChI=1S/C8H18O3S/c1-3-5-6-8(4-2)7-12(9,10)11/h8H,3-7H2,1-2H3,(H,9,10,11)/t8-/m1/s1. The van der Waals surface area contributed by atoms with E-state index in [0.29, 0.717) is 0 Å². The van der Waals surface area contributed by atoms with Crippen molar-refractivity contribution in [1.29, 1.82) is 0 Å². The molecule has 3 nitrogen and oxygen atoms in total. The Morgan fingerprint density at radius 1 is 1.33 bits per heavy atom. The number of hydrogen-bond donors (Lipinski definition) is 1. The summed E-state index contributed by atoms with van der Waals surface area (Å²) in [7, 11) is -3.77. The molecule has 0 heterocycles. The first-order chi connectivity index (χ1) is 5.49. The second-order valence-corrected chi connectivity index (χ2v) is 4.66. The van der Waals surface area contributed by atoms with Gasteiger partial charge in [-0.3, -0.25) is 4.55 Å². The third-order valence-corrected chi connectivity index (χ3v) is 2.88. The lowest BCUT2D eigenvalue weighted by atomic mass is 10.0. The van der Waals surface area contributed by atoms with Crippen molar-refractivity contribution in [2.45, 2.75) is 39.5 Å². The molecule has 0 aromatic heterocycles. The molecule has 0 saturated carbocycles. The maximum absolute atomic E-state index is 10.5. The Balaban J connectivity index is 3.83. The molecule has 0 amide bonds. The fourth-order valence-electron chi connectivity index (χ4n) is 1.20. The Labute approximate surface area is 74.9 Å². The molecular weight excluding hydrogens is 176 g/mol. The summed E-state index contributed by atoms with van der Waals surface area (Å²) in [6, 6.07) is 0. The maximum atomic E-state index is 10.5. The van der Waals surface area contributed by atoms with Crippen LogP contribution in [-0.2, 0) is 10.1 Å². The highest BCUT2D eigenvalue weighted by Crippen LogP contribution is 2.14. The van der Waals surface area contributed by atoms with Crippen molar-refractivity contribution >= 4 is 10.1 Å². The Bertz CT molecular complexity index is 196. The van der Waals surface area contributed by atoms with Gasteiger partial charge in [0, 0.05) is 0 Å². The van der Waals surface area contributed by atoms with E-state index in [4.69, 9.17) is 4.55 Å². The summed E-state index contributed by atoms with van der Waals surface area (Å²) in [5, 5.41) is 0. The predicted octanol–water partition coefficient (Wildman–Crippen LogP) is 2.09. The predicted molar refractivity (Wildman–Crippen MR) is 49.7 cm³/mol. The fourth-order valence-corrected chi connectivity index (χ4v) is 2.19. The average Bonchev–Trinajstić information content (AvgIpc) is 1.95. The Morgan fingerprint density at radius 3 is 2.25 bits per heavy atom. The van der Waals surface area contributed by atoms with Crippen LogP contribution in [0.5, 0.6) is 0 Å². The summed E-state index contributed by atoms with van der Waals surface area (Å²) < 4.78 is 29.6. The largest absolute Gasteiger partial charge is 0.286 e. The highest BCUT2D eigenvalue weighted by Gasteiger charge is 2.14. The molecule has 0 rings (SSSR count). The topological polar surface area (TPSA) is 54.4 Å². The second-order valence-electron chi connectivity index (χ2n) is 3.17. The summed E-state index contributed by atoms with van der Waals surface area (Å²) in [5.41, 5.74) is 0. The molecule has 0 aliphatic carbocycles. The van der Waals surface area contributed by atoms with Crippen LogP contribution in [0.3, 0.4) is 0 Å². The molecule has 1 N–H and O–H groups in total. The molecule has 0 aliphatic rings. The summed E-state index contributed by atoms with van der Waals surface area (Å²) in [5.74, 6) is 0.0451. The van der Waals surface area contributed by atoms with Crippen LogP contribution in [-0.4, -0.2) is 18.7 Å². The Kier molecular flexibility index (Phi) is 5.50. The zero-order valence-electron chi connectivity index (χ0n) is 7.78. The quantitative estimate of drug-likeness (QED) is 0.659. The van der Waals surface area contributed by atoms with Crippen molar-refractivity contribution in [2.24, 2.45) is 5.92 Å². The van der Waals surface area contributed by atoms with Gasteiger partial charge in [0.05, 0.1) is 5.75 Å². The van der Waals surface area contributed by atoms with Gasteiger partial charge >= 0.3 is 0 Å². The van der Waals surface area contributed by atoms with E-state index in [1.54, 1.807) is 0 Å². The van der Waals surface area contributed by atoms with Crippen molar-refractivity contribution < 1.29 is 13.0 Å². The number of unbranched alkanes of at least 4 members (excludes halogenated alkanes) is 1. The Morgan fingerprint density at radius 2 is 1.92 bits per heavy atom. The molecule has 4 heteroatoms. The van der Waals surface area contributed by atoms with Crippen molar-refractivity contribution in [3.8, 4) is 0 Å². The van der Waals surface area contributed by atoms with Crippen LogP contribution >= 0.6 is 0 Å². The van der Waals surface area contributed by atoms with Crippen molar-refractivity contribution in [1.82, 2.24) is 0 Å². The average molecular weight is 194 g/mol. The minimum absolute atomic E-state index is 0.0799. The first kappa shape index (κ1) is 11.9. The van der Waals surface area contributed by atoms with E-state index in [0.717, 1.165) is 25.7 Å². The molecule has 0 aromatic rings. The first-order valence-electron chi connectivity index (χ1n) is 4.44. The molecule has 0 fully saturated rings. The van der Waals surface area contributed by atoms with Crippen LogP contribution in [0, 0.1) is 5.92 Å². The highest BCUT2D eigenvalue weighted by molar-refractivity contribution is 7.85. The zero-order valence-corrected chi connectivity index (χ0v) is 8.60. The number of hydrogen-bond acceptors (Lipinski definition) is 2. The van der Waals surface area contributed by atoms with E-state index in [-0.39, 0.29) is 11.7 Å². The third kappa shape index (κ3) is 6.61. The molecule has 0 unspecified atom stereocenters. The van der Waals surface area contributed by atoms with Gasteiger partial charge in [-0.05, 0) is 12.3 Å². The molecule has 0 saturated heterocycles. The highest BCUT2D eigenvalue weighted by atomic mass is 32.2. The maximum Gasteiger partial charge on any atom is 0.265 e. The van der Waals surface area contributed by atoms with Gasteiger partial charge in [-0.15, -0.1) is 0 Å². The van der Waals surface area contributed by atoms with E-state index in [9.17, 15) is 8.42 Å². The lowest BCUT2D eigenvalue weighted by molar-refractivity contribution is 0.440. The van der Waals surface area contributed by atoms with E-state index in [2.05, 4.69) is 6.92 Å². The second kappa shape index (κ2) is 5.54. The first-order valence-corrected chi connectivity index (χ1v) is 6.05. The molecule has 0 aromatic carbocycles. The van der Waals surface area contributed by atoms with Gasteiger partial charge in [-0.1, -0.05) is 33.1 Å². The molecule has 12 heavy (non-hydrogen) atoms. The van der Waals surface area contributed by atoms with Crippen molar-refractivity contribution in [3.05, 3.63) is 0 Å². The zero-order chi connectivity index (χ0) is 9.61. The van der Waals surface area contributed by atoms with E-state index in [1.165, 1.54) is 0 Å². The fraction of sp³-hybridized carbons (Fsp3) is 1.00. The van der Waals surface area contributed by atoms with Crippen LogP contribution in [0.1, 0.15) is 39.5 Å². The smallest absolute Gasteiger partial charge is 0.265 e. The molecule has 1 atom stereocenters. The molecule has 74 valence electrons. The summed E-state index contributed by atoms with van der Waals surface area (Å²) >= 11 is 0. The van der Waals surface area contributed by atoms with Gasteiger partial charge in [0.25, 0.3) is 10.1 Å². The van der Waals surface area contributed by atoms with Gasteiger partial charge in [0.15, 0.2) is 0 Å². The van der Waals surface area contributed by atoms with E-state index >= 15 is 0 Å². The minimum Gasteiger partial charge on any atom is -0.286 e. The van der Waals surface area contributed by atoms with Crippen molar-refractivity contribution in [2.75, 3.05) is 5.75 Å². The van der Waals surface area contributed by atoms with Crippen molar-refractivity contribution in [3.63, 3.8) is 0 Å². The minimum atomic E-state index is -3.77. The van der Waals surface area contributed by atoms with Crippen LogP contribution in [0.2, 0.25) is 0 Å². The molecule has 0 spiro atoms. The molecule has 0 aliphatic heterocycles. The third-order valence-electron chi connectivity index (χ3n) is 1.99. The van der Waals surface area contributed by atoms with Crippen LogP contribution in [0.15, 0.2) is 0 Å². The summed E-state index contributed by atoms with van der Waals surface area (Å²) in [4.78, 5) is 0. The SMILES string of the molecule is CCCC[C@@H](CC)CS(=O)(=O)O. The summed E-state index contributed by atoms with van der Waals surface area (Å²) in [6.07, 6.45) is 3.82. The van der Waals surface area contributed by atoms with E-state index in [1.807, 2.05) is 6.92 Å². The number of rotatable bonds is 6. The van der Waals surface area contributed by atoms with Crippen LogP contribution in [0.25, 0.3) is 0 Å². The van der Waals surface area contributed by atoms with Gasteiger partial charge in [0.2, 0.25) is 0 Å². The Hall–Kier alpha value is -0.0900. The monoisotopic (exact) mass is 194 g/mol. The lowest BCUT2D eigenvalue weighted by Crippen LogP contribution is -2.14. The normalized spacial score (nSPS) is 14.6. The molecular formula is C8H18O3S. The van der Waals surface area contributed by atoms with Gasteiger partial charge < -0.3 is 0 Å². The molecule has 0 radical (unpaired) electrons. The summed E-state index contributed by atoms with van der Waals surface area (Å²) in [6.45, 7) is 4.02. The van der Waals surface area contributed by atoms with Gasteiger partial charge in [-0.25, -0.2) is 0 Å². The van der Waals surface area contributed by atoms with Crippen LogP contribution in [0.4, 0.5) is 0 Å². The van der Waals surface area contributed by atoms with Gasteiger partial charge in [-0.2, -0.15) is 8.42 Å². The molecule has 0 bridgehead atoms. The van der Waals surface area contributed by atoms with E-state index < -0.39 is 10.1 Å². The van der Waals surface area contributed by atoms with Gasteiger partial charge in [0.1, 0.15) is 0 Å².